The van der Waals surface area contributed by atoms with Crippen LogP contribution in [0.15, 0.2) is 93.6 Å². The molecule has 0 bridgehead atoms. The molecule has 9 heteroatoms. The van der Waals surface area contributed by atoms with Gasteiger partial charge in [-0.05, 0) is 60.5 Å². The fourth-order valence-corrected chi connectivity index (χ4v) is 4.26. The fourth-order valence-electron chi connectivity index (χ4n) is 3.25. The number of nitrogens with zero attached hydrogens (tertiary/aromatic N) is 4. The van der Waals surface area contributed by atoms with Crippen LogP contribution in [0.4, 0.5) is 0 Å². The van der Waals surface area contributed by atoms with Gasteiger partial charge in [0.2, 0.25) is 0 Å². The monoisotopic (exact) mass is 535 g/mol. The summed E-state index contributed by atoms with van der Waals surface area (Å²) in [6.45, 7) is 1.96. The average Bonchev–Trinajstić information content (AvgIpc) is 3.29. The summed E-state index contributed by atoms with van der Waals surface area (Å²) in [6.07, 6.45) is 0.636. The minimum absolute atomic E-state index is 0.126. The SMILES string of the molecule is CCC(=NNC(=O)CSc1nnc(-c2ccc(Br)cc2)n1-c1ccccc1)c1ccc(O)cc1. The number of aromatic nitrogens is 3. The Balaban J connectivity index is 1.52. The van der Waals surface area contributed by atoms with Crippen molar-refractivity contribution in [3.63, 3.8) is 0 Å². The van der Waals surface area contributed by atoms with Gasteiger partial charge in [0.05, 0.1) is 11.5 Å². The number of nitrogens with one attached hydrogen (secondary N) is 1. The highest BCUT2D eigenvalue weighted by Crippen LogP contribution is 2.28. The van der Waals surface area contributed by atoms with Crippen molar-refractivity contribution in [2.75, 3.05) is 5.75 Å². The molecule has 1 aromatic heterocycles. The zero-order chi connectivity index (χ0) is 23.9. The third-order valence-corrected chi connectivity index (χ3v) is 6.39. The molecule has 0 radical (unpaired) electrons. The molecule has 3 aromatic carbocycles. The summed E-state index contributed by atoms with van der Waals surface area (Å²) >= 11 is 4.75. The summed E-state index contributed by atoms with van der Waals surface area (Å²) in [4.78, 5) is 12.5. The van der Waals surface area contributed by atoms with Crippen LogP contribution in [0.5, 0.6) is 5.75 Å². The van der Waals surface area contributed by atoms with E-state index in [9.17, 15) is 9.90 Å². The highest BCUT2D eigenvalue weighted by molar-refractivity contribution is 9.10. The predicted octanol–water partition coefficient (Wildman–Crippen LogP) is 5.43. The van der Waals surface area contributed by atoms with Crippen LogP contribution in [-0.2, 0) is 4.79 Å². The molecule has 0 aliphatic rings. The molecule has 7 nitrogen and oxygen atoms in total. The maximum absolute atomic E-state index is 12.5. The number of aromatic hydroxyl groups is 1. The Hall–Kier alpha value is -3.43. The standard InChI is InChI=1S/C25H22BrN5O2S/c1-2-22(17-10-14-21(32)15-11-17)27-28-23(33)16-34-25-30-29-24(18-8-12-19(26)13-9-18)31(25)20-6-4-3-5-7-20/h3-15,32H,2,16H2,1H3,(H,28,33). The molecule has 0 aliphatic carbocycles. The van der Waals surface area contributed by atoms with E-state index >= 15 is 0 Å². The molecule has 0 aliphatic heterocycles. The summed E-state index contributed by atoms with van der Waals surface area (Å²) in [5, 5.41) is 23.1. The average molecular weight is 536 g/mol. The smallest absolute Gasteiger partial charge is 0.250 e. The van der Waals surface area contributed by atoms with Gasteiger partial charge in [0, 0.05) is 15.7 Å². The minimum atomic E-state index is -0.248. The van der Waals surface area contributed by atoms with Crippen LogP contribution in [0.2, 0.25) is 0 Å². The van der Waals surface area contributed by atoms with E-state index in [0.717, 1.165) is 27.0 Å². The summed E-state index contributed by atoms with van der Waals surface area (Å²) in [5.41, 5.74) is 6.02. The van der Waals surface area contributed by atoms with Gasteiger partial charge in [-0.1, -0.05) is 64.9 Å². The first-order valence-corrected chi connectivity index (χ1v) is 12.4. The van der Waals surface area contributed by atoms with Gasteiger partial charge in [0.25, 0.3) is 5.91 Å². The second kappa shape index (κ2) is 11.1. The predicted molar refractivity (Wildman–Crippen MR) is 138 cm³/mol. The van der Waals surface area contributed by atoms with Gasteiger partial charge < -0.3 is 5.11 Å². The van der Waals surface area contributed by atoms with Gasteiger partial charge in [-0.3, -0.25) is 9.36 Å². The van der Waals surface area contributed by atoms with Crippen LogP contribution >= 0.6 is 27.7 Å². The normalized spacial score (nSPS) is 11.4. The van der Waals surface area contributed by atoms with Crippen molar-refractivity contribution in [1.29, 1.82) is 0 Å². The summed E-state index contributed by atoms with van der Waals surface area (Å²) in [7, 11) is 0. The van der Waals surface area contributed by atoms with E-state index in [1.165, 1.54) is 11.8 Å². The topological polar surface area (TPSA) is 92.4 Å². The number of phenolic OH excluding ortho intramolecular Hbond substituents is 1. The largest absolute Gasteiger partial charge is 0.508 e. The Kier molecular flexibility index (Phi) is 7.76. The lowest BCUT2D eigenvalue weighted by molar-refractivity contribution is -0.118. The first-order valence-electron chi connectivity index (χ1n) is 10.6. The maximum atomic E-state index is 12.5. The second-order valence-electron chi connectivity index (χ2n) is 7.27. The molecule has 4 rings (SSSR count). The number of rotatable bonds is 8. The van der Waals surface area contributed by atoms with Crippen LogP contribution in [0.1, 0.15) is 18.9 Å². The van der Waals surface area contributed by atoms with Crippen molar-refractivity contribution in [3.8, 4) is 22.8 Å². The van der Waals surface area contributed by atoms with Crippen molar-refractivity contribution >= 4 is 39.3 Å². The Morgan fingerprint density at radius 2 is 1.74 bits per heavy atom. The lowest BCUT2D eigenvalue weighted by atomic mass is 10.1. The molecule has 0 atom stereocenters. The zero-order valence-corrected chi connectivity index (χ0v) is 20.8. The van der Waals surface area contributed by atoms with Crippen LogP contribution in [0.3, 0.4) is 0 Å². The van der Waals surface area contributed by atoms with E-state index in [-0.39, 0.29) is 17.4 Å². The van der Waals surface area contributed by atoms with Crippen LogP contribution in [0, 0.1) is 0 Å². The fraction of sp³-hybridized carbons (Fsp3) is 0.120. The molecule has 0 saturated heterocycles. The van der Waals surface area contributed by atoms with Gasteiger partial charge in [-0.2, -0.15) is 5.10 Å². The van der Waals surface area contributed by atoms with Crippen LogP contribution < -0.4 is 5.43 Å². The molecule has 0 saturated carbocycles. The number of carbonyl (C=O) groups excluding carboxylic acids is 1. The molecular formula is C25H22BrN5O2S. The second-order valence-corrected chi connectivity index (χ2v) is 9.12. The molecule has 0 fully saturated rings. The van der Waals surface area contributed by atoms with Gasteiger partial charge in [-0.15, -0.1) is 10.2 Å². The van der Waals surface area contributed by atoms with E-state index in [0.29, 0.717) is 17.4 Å². The summed E-state index contributed by atoms with van der Waals surface area (Å²) < 4.78 is 2.92. The molecular weight excluding hydrogens is 514 g/mol. The van der Waals surface area contributed by atoms with E-state index < -0.39 is 0 Å². The Labute approximate surface area is 210 Å². The lowest BCUT2D eigenvalue weighted by Crippen LogP contribution is -2.22. The quantitative estimate of drug-likeness (QED) is 0.178. The van der Waals surface area contributed by atoms with Crippen molar-refractivity contribution in [2.45, 2.75) is 18.5 Å². The molecule has 34 heavy (non-hydrogen) atoms. The summed E-state index contributed by atoms with van der Waals surface area (Å²) in [5.74, 6) is 0.758. The van der Waals surface area contributed by atoms with Gasteiger partial charge in [0.1, 0.15) is 5.75 Å². The van der Waals surface area contributed by atoms with E-state index in [1.807, 2.05) is 66.1 Å². The lowest BCUT2D eigenvalue weighted by Gasteiger charge is -2.10. The number of halogens is 1. The van der Waals surface area contributed by atoms with Crippen molar-refractivity contribution in [2.24, 2.45) is 5.10 Å². The molecule has 172 valence electrons. The number of hydrogen-bond acceptors (Lipinski definition) is 6. The number of carbonyl (C=O) groups is 1. The maximum Gasteiger partial charge on any atom is 0.250 e. The molecule has 0 spiro atoms. The van der Waals surface area contributed by atoms with Crippen molar-refractivity contribution in [3.05, 3.63) is 88.9 Å². The van der Waals surface area contributed by atoms with E-state index in [2.05, 4.69) is 36.7 Å². The number of benzene rings is 3. The number of thioether (sulfide) groups is 1. The molecule has 4 aromatic rings. The van der Waals surface area contributed by atoms with Crippen molar-refractivity contribution in [1.82, 2.24) is 20.2 Å². The molecule has 2 N–H and O–H groups in total. The third-order valence-electron chi connectivity index (χ3n) is 4.93. The third kappa shape index (κ3) is 5.73. The Morgan fingerprint density at radius 1 is 1.03 bits per heavy atom. The van der Waals surface area contributed by atoms with Gasteiger partial charge in [-0.25, -0.2) is 5.43 Å². The first kappa shape index (κ1) is 23.7. The van der Waals surface area contributed by atoms with Gasteiger partial charge >= 0.3 is 0 Å². The number of amides is 1. The van der Waals surface area contributed by atoms with Gasteiger partial charge in [0.15, 0.2) is 11.0 Å². The highest BCUT2D eigenvalue weighted by Gasteiger charge is 2.17. The molecule has 0 unspecified atom stereocenters. The Bertz CT molecular complexity index is 1290. The number of phenols is 1. The minimum Gasteiger partial charge on any atom is -0.508 e. The van der Waals surface area contributed by atoms with E-state index in [1.54, 1.807) is 24.3 Å². The van der Waals surface area contributed by atoms with Crippen LogP contribution in [-0.4, -0.2) is 37.2 Å². The summed E-state index contributed by atoms with van der Waals surface area (Å²) in [6, 6.07) is 24.4. The van der Waals surface area contributed by atoms with Crippen LogP contribution in [0.25, 0.3) is 17.1 Å². The molecule has 1 heterocycles. The number of para-hydroxylation sites is 1. The zero-order valence-electron chi connectivity index (χ0n) is 18.4. The molecule has 1 amide bonds. The van der Waals surface area contributed by atoms with Crippen molar-refractivity contribution < 1.29 is 9.90 Å². The first-order chi connectivity index (χ1) is 16.5. The van der Waals surface area contributed by atoms with E-state index in [4.69, 9.17) is 0 Å². The number of hydrogen-bond donors (Lipinski definition) is 2. The Morgan fingerprint density at radius 3 is 2.41 bits per heavy atom. The highest BCUT2D eigenvalue weighted by atomic mass is 79.9. The number of hydrazone groups is 1.